The lowest BCUT2D eigenvalue weighted by molar-refractivity contribution is -0.137. The van der Waals surface area contributed by atoms with Gasteiger partial charge in [-0.15, -0.1) is 10.2 Å². The topological polar surface area (TPSA) is 126 Å². The number of phenolic OH excluding ortho intramolecular Hbond substituents is 1. The summed E-state index contributed by atoms with van der Waals surface area (Å²) in [6.45, 7) is -0.0347. The number of aromatic hydroxyl groups is 2. The predicted molar refractivity (Wildman–Crippen MR) is 141 cm³/mol. The van der Waals surface area contributed by atoms with Gasteiger partial charge in [0.2, 0.25) is 12.7 Å². The van der Waals surface area contributed by atoms with Crippen LogP contribution in [0.4, 0.5) is 28.9 Å². The molecule has 4 aromatic carbocycles. The normalized spacial score (nSPS) is 12.9. The Bertz CT molecular complexity index is 1930. The number of hydrogen-bond donors (Lipinski definition) is 3. The molecule has 0 bridgehead atoms. The molecule has 1 aromatic heterocycles. The van der Waals surface area contributed by atoms with Crippen LogP contribution in [-0.2, 0) is 6.18 Å². The summed E-state index contributed by atoms with van der Waals surface area (Å²) in [6.07, 6.45) is -4.66. The Morgan fingerprint density at radius 2 is 1.69 bits per heavy atom. The van der Waals surface area contributed by atoms with E-state index in [0.717, 1.165) is 34.9 Å². The van der Waals surface area contributed by atoms with Crippen LogP contribution in [0.1, 0.15) is 15.9 Å². The third kappa shape index (κ3) is 4.50. The Kier molecular flexibility index (Phi) is 6.21. The summed E-state index contributed by atoms with van der Waals surface area (Å²) >= 11 is 0. The molecule has 13 heteroatoms. The average molecular weight is 579 g/mol. The molecule has 6 rings (SSSR count). The highest BCUT2D eigenvalue weighted by Crippen LogP contribution is 2.46. The number of ether oxygens (including phenoxy) is 2. The van der Waals surface area contributed by atoms with Crippen molar-refractivity contribution in [3.8, 4) is 39.9 Å². The van der Waals surface area contributed by atoms with E-state index >= 15 is 0 Å². The zero-order chi connectivity index (χ0) is 29.8. The second kappa shape index (κ2) is 9.80. The molecule has 0 spiro atoms. The van der Waals surface area contributed by atoms with Gasteiger partial charge in [0, 0.05) is 17.0 Å². The number of azo groups is 1. The Labute approximate surface area is 233 Å². The smallest absolute Gasteiger partial charge is 0.416 e. The van der Waals surface area contributed by atoms with Crippen LogP contribution >= 0.6 is 0 Å². The van der Waals surface area contributed by atoms with Gasteiger partial charge >= 0.3 is 12.1 Å². The molecule has 2 heterocycles. The van der Waals surface area contributed by atoms with Gasteiger partial charge in [-0.1, -0.05) is 18.2 Å². The first-order valence-corrected chi connectivity index (χ1v) is 12.1. The van der Waals surface area contributed by atoms with Crippen molar-refractivity contribution in [3.63, 3.8) is 0 Å². The third-order valence-electron chi connectivity index (χ3n) is 6.64. The maximum Gasteiger partial charge on any atom is 0.416 e. The number of rotatable bonds is 5. The van der Waals surface area contributed by atoms with Gasteiger partial charge in [-0.2, -0.15) is 13.2 Å². The Balaban J connectivity index is 1.48. The Morgan fingerprint density at radius 1 is 0.905 bits per heavy atom. The fourth-order valence-electron chi connectivity index (χ4n) is 4.62. The molecule has 3 N–H and O–H groups in total. The maximum atomic E-state index is 13.9. The van der Waals surface area contributed by atoms with E-state index in [4.69, 9.17) is 9.47 Å². The molecule has 0 saturated carbocycles. The van der Waals surface area contributed by atoms with E-state index in [1.165, 1.54) is 36.4 Å². The van der Waals surface area contributed by atoms with Crippen LogP contribution < -0.4 is 9.47 Å². The predicted octanol–water partition coefficient (Wildman–Crippen LogP) is 7.71. The standard InChI is InChI=1S/C29H17F4N3O6/c30-20-8-4-14(10-19(20)28(39)40)17-2-1-3-21(26(17)37)34-35-25-18-7-5-15(29(31,32)33)11-22(18)36(27(25)38)16-6-9-23-24(12-16)42-13-41-23/h1-12,37-38H,13H2,(H,39,40). The number of phenols is 1. The van der Waals surface area contributed by atoms with Gasteiger partial charge < -0.3 is 24.8 Å². The highest BCUT2D eigenvalue weighted by molar-refractivity contribution is 5.97. The lowest BCUT2D eigenvalue weighted by Crippen LogP contribution is -2.05. The summed E-state index contributed by atoms with van der Waals surface area (Å²) in [5, 5.41) is 39.6. The number of carboxylic acid groups (broad SMARTS) is 1. The first-order chi connectivity index (χ1) is 20.0. The van der Waals surface area contributed by atoms with E-state index in [9.17, 15) is 37.7 Å². The van der Waals surface area contributed by atoms with Crippen LogP contribution in [-0.4, -0.2) is 32.6 Å². The molecule has 0 amide bonds. The number of fused-ring (bicyclic) bond motifs is 2. The highest BCUT2D eigenvalue weighted by Gasteiger charge is 2.32. The molecule has 0 atom stereocenters. The molecular weight excluding hydrogens is 562 g/mol. The van der Waals surface area contributed by atoms with Crippen LogP contribution in [0, 0.1) is 5.82 Å². The molecule has 1 aliphatic heterocycles. The summed E-state index contributed by atoms with van der Waals surface area (Å²) in [5.41, 5.74) is -1.30. The largest absolute Gasteiger partial charge is 0.505 e. The van der Waals surface area contributed by atoms with Crippen molar-refractivity contribution >= 4 is 28.2 Å². The molecule has 0 fully saturated rings. The molecule has 0 saturated heterocycles. The third-order valence-corrected chi connectivity index (χ3v) is 6.64. The van der Waals surface area contributed by atoms with Crippen LogP contribution in [0.3, 0.4) is 0 Å². The van der Waals surface area contributed by atoms with Crippen molar-refractivity contribution in [2.75, 3.05) is 6.79 Å². The fraction of sp³-hybridized carbons (Fsp3) is 0.0690. The number of alkyl halides is 3. The molecule has 212 valence electrons. The summed E-state index contributed by atoms with van der Waals surface area (Å²) in [7, 11) is 0. The van der Waals surface area contributed by atoms with Crippen molar-refractivity contribution in [2.24, 2.45) is 10.2 Å². The molecule has 1 aliphatic rings. The van der Waals surface area contributed by atoms with Gasteiger partial charge in [-0.3, -0.25) is 4.57 Å². The van der Waals surface area contributed by atoms with E-state index < -0.39 is 40.7 Å². The summed E-state index contributed by atoms with van der Waals surface area (Å²) < 4.78 is 66.5. The lowest BCUT2D eigenvalue weighted by Gasteiger charge is -2.10. The first kappa shape index (κ1) is 26.6. The van der Waals surface area contributed by atoms with E-state index in [-0.39, 0.29) is 45.9 Å². The van der Waals surface area contributed by atoms with Gasteiger partial charge in [0.25, 0.3) is 0 Å². The second-order valence-corrected chi connectivity index (χ2v) is 9.15. The summed E-state index contributed by atoms with van der Waals surface area (Å²) in [5.74, 6) is -2.65. The van der Waals surface area contributed by atoms with Crippen LogP contribution in [0.2, 0.25) is 0 Å². The van der Waals surface area contributed by atoms with Crippen LogP contribution in [0.25, 0.3) is 27.7 Å². The minimum absolute atomic E-state index is 0.0272. The number of halogens is 4. The number of carbonyl (C=O) groups is 1. The van der Waals surface area contributed by atoms with Gasteiger partial charge in [-0.05, 0) is 54.1 Å². The molecule has 9 nitrogen and oxygen atoms in total. The molecule has 0 unspecified atom stereocenters. The number of para-hydroxylation sites is 1. The Hall–Kier alpha value is -5.59. The van der Waals surface area contributed by atoms with Gasteiger partial charge in [0.15, 0.2) is 22.9 Å². The summed E-state index contributed by atoms with van der Waals surface area (Å²) in [6, 6.07) is 15.0. The number of aromatic nitrogens is 1. The maximum absolute atomic E-state index is 13.9. The van der Waals surface area contributed by atoms with E-state index in [0.29, 0.717) is 11.5 Å². The first-order valence-electron chi connectivity index (χ1n) is 12.1. The van der Waals surface area contributed by atoms with Crippen molar-refractivity contribution in [2.45, 2.75) is 6.18 Å². The number of carboxylic acids is 1. The fourth-order valence-corrected chi connectivity index (χ4v) is 4.62. The van der Waals surface area contributed by atoms with Crippen molar-refractivity contribution < 1.29 is 47.1 Å². The van der Waals surface area contributed by atoms with E-state index in [1.54, 1.807) is 6.07 Å². The van der Waals surface area contributed by atoms with E-state index in [2.05, 4.69) is 10.2 Å². The molecule has 0 radical (unpaired) electrons. The molecular formula is C29H17F4N3O6. The van der Waals surface area contributed by atoms with Crippen molar-refractivity contribution in [1.82, 2.24) is 4.57 Å². The van der Waals surface area contributed by atoms with Crippen molar-refractivity contribution in [3.05, 3.63) is 89.7 Å². The number of benzene rings is 4. The van der Waals surface area contributed by atoms with Gasteiger partial charge in [0.05, 0.1) is 22.3 Å². The lowest BCUT2D eigenvalue weighted by atomic mass is 10.0. The summed E-state index contributed by atoms with van der Waals surface area (Å²) in [4.78, 5) is 11.4. The molecule has 42 heavy (non-hydrogen) atoms. The monoisotopic (exact) mass is 579 g/mol. The minimum Gasteiger partial charge on any atom is -0.505 e. The highest BCUT2D eigenvalue weighted by atomic mass is 19.4. The van der Waals surface area contributed by atoms with Crippen LogP contribution in [0.5, 0.6) is 23.1 Å². The minimum atomic E-state index is -4.66. The number of hydrogen-bond acceptors (Lipinski definition) is 7. The van der Waals surface area contributed by atoms with Gasteiger partial charge in [0.1, 0.15) is 11.5 Å². The van der Waals surface area contributed by atoms with Crippen molar-refractivity contribution in [1.29, 1.82) is 0 Å². The number of aromatic carboxylic acids is 1. The Morgan fingerprint density at radius 3 is 2.45 bits per heavy atom. The van der Waals surface area contributed by atoms with Crippen LogP contribution in [0.15, 0.2) is 83.0 Å². The molecule has 0 aliphatic carbocycles. The SMILES string of the molecule is O=C(O)c1cc(-c2cccc(N=Nc3c(O)n(-c4ccc5c(c4)OCO5)c4cc(C(F)(F)F)ccc34)c2O)ccc1F. The van der Waals surface area contributed by atoms with E-state index in [1.807, 2.05) is 0 Å². The van der Waals surface area contributed by atoms with Gasteiger partial charge in [-0.25, -0.2) is 9.18 Å². The zero-order valence-electron chi connectivity index (χ0n) is 21.1. The zero-order valence-corrected chi connectivity index (χ0v) is 21.1. The molecule has 5 aromatic rings. The second-order valence-electron chi connectivity index (χ2n) is 9.15. The quantitative estimate of drug-likeness (QED) is 0.145. The average Bonchev–Trinajstić information content (AvgIpc) is 3.53. The number of nitrogens with zero attached hydrogens (tertiary/aromatic N) is 3.